The van der Waals surface area contributed by atoms with Gasteiger partial charge in [0.25, 0.3) is 0 Å². The number of likely N-dealkylation sites (N-methyl/N-ethyl adjacent to an activating group) is 1. The summed E-state index contributed by atoms with van der Waals surface area (Å²) in [5, 5.41) is 9.01. The van der Waals surface area contributed by atoms with Crippen molar-refractivity contribution in [3.8, 4) is 0 Å². The number of rotatable bonds is 6. The van der Waals surface area contributed by atoms with Crippen molar-refractivity contribution in [1.82, 2.24) is 9.88 Å². The molecule has 2 aromatic heterocycles. The number of carbonyl (C=O) groups is 1. The lowest BCUT2D eigenvalue weighted by Crippen LogP contribution is -2.20. The summed E-state index contributed by atoms with van der Waals surface area (Å²) in [6.45, 7) is 5.06. The second-order valence-corrected chi connectivity index (χ2v) is 5.25. The van der Waals surface area contributed by atoms with Crippen LogP contribution in [0.25, 0.3) is 0 Å². The van der Waals surface area contributed by atoms with Crippen LogP contribution < -0.4 is 0 Å². The van der Waals surface area contributed by atoms with Crippen LogP contribution in [0.3, 0.4) is 0 Å². The van der Waals surface area contributed by atoms with Crippen LogP contribution >= 0.6 is 0 Å². The molecule has 5 nitrogen and oxygen atoms in total. The van der Waals surface area contributed by atoms with E-state index in [9.17, 15) is 4.79 Å². The third-order valence-electron chi connectivity index (χ3n) is 3.32. The van der Waals surface area contributed by atoms with Gasteiger partial charge in [-0.25, -0.2) is 4.79 Å². The van der Waals surface area contributed by atoms with Crippen molar-refractivity contribution in [3.63, 3.8) is 0 Å². The highest BCUT2D eigenvalue weighted by molar-refractivity contribution is 5.88. The van der Waals surface area contributed by atoms with Crippen molar-refractivity contribution in [2.75, 3.05) is 13.6 Å². The zero-order valence-corrected chi connectivity index (χ0v) is 12.6. The molecule has 2 rings (SSSR count). The summed E-state index contributed by atoms with van der Waals surface area (Å²) >= 11 is 0. The molecule has 0 spiro atoms. The van der Waals surface area contributed by atoms with Gasteiger partial charge in [0.15, 0.2) is 0 Å². The third-order valence-corrected chi connectivity index (χ3v) is 3.32. The van der Waals surface area contributed by atoms with E-state index >= 15 is 0 Å². The van der Waals surface area contributed by atoms with Gasteiger partial charge in [0, 0.05) is 24.4 Å². The van der Waals surface area contributed by atoms with E-state index in [-0.39, 0.29) is 5.56 Å². The van der Waals surface area contributed by atoms with E-state index in [1.54, 1.807) is 13.0 Å². The summed E-state index contributed by atoms with van der Waals surface area (Å²) in [6.07, 6.45) is 0.851. The maximum absolute atomic E-state index is 11.0. The Morgan fingerprint density at radius 2 is 2.14 bits per heavy atom. The van der Waals surface area contributed by atoms with Gasteiger partial charge >= 0.3 is 5.97 Å². The van der Waals surface area contributed by atoms with Gasteiger partial charge in [0.1, 0.15) is 17.1 Å². The summed E-state index contributed by atoms with van der Waals surface area (Å²) < 4.78 is 5.48. The van der Waals surface area contributed by atoms with Crippen LogP contribution in [0.5, 0.6) is 0 Å². The number of hydrogen-bond donors (Lipinski definition) is 1. The van der Waals surface area contributed by atoms with Crippen molar-refractivity contribution in [1.29, 1.82) is 0 Å². The van der Waals surface area contributed by atoms with Crippen molar-refractivity contribution >= 4 is 5.97 Å². The van der Waals surface area contributed by atoms with Gasteiger partial charge in [0.2, 0.25) is 0 Å². The molecule has 0 saturated carbocycles. The topological polar surface area (TPSA) is 66.6 Å². The van der Waals surface area contributed by atoms with Crippen LogP contribution in [-0.2, 0) is 13.0 Å². The predicted molar refractivity (Wildman–Crippen MR) is 79.4 cm³/mol. The molecule has 0 aliphatic rings. The molecule has 0 fully saturated rings. The number of aryl methyl sites for hydroxylation is 2. The maximum Gasteiger partial charge on any atom is 0.339 e. The minimum atomic E-state index is -0.950. The molecule has 5 heteroatoms. The minimum absolute atomic E-state index is 0.235. The van der Waals surface area contributed by atoms with E-state index in [4.69, 9.17) is 9.52 Å². The first kappa shape index (κ1) is 15.3. The van der Waals surface area contributed by atoms with Crippen LogP contribution in [0.2, 0.25) is 0 Å². The average Bonchev–Trinajstić information content (AvgIpc) is 2.77. The lowest BCUT2D eigenvalue weighted by Gasteiger charge is -2.14. The van der Waals surface area contributed by atoms with Crippen molar-refractivity contribution in [3.05, 3.63) is 52.7 Å². The molecule has 0 bridgehead atoms. The van der Waals surface area contributed by atoms with E-state index in [0.29, 0.717) is 18.1 Å². The molecule has 0 unspecified atom stereocenters. The summed E-state index contributed by atoms with van der Waals surface area (Å²) in [7, 11) is 1.98. The number of aromatic carboxylic acids is 1. The Bertz CT molecular complexity index is 634. The Kier molecular flexibility index (Phi) is 4.75. The monoisotopic (exact) mass is 288 g/mol. The highest BCUT2D eigenvalue weighted by Gasteiger charge is 2.14. The van der Waals surface area contributed by atoms with Gasteiger partial charge in [-0.15, -0.1) is 0 Å². The fourth-order valence-corrected chi connectivity index (χ4v) is 2.22. The highest BCUT2D eigenvalue weighted by atomic mass is 16.4. The van der Waals surface area contributed by atoms with Crippen molar-refractivity contribution < 1.29 is 14.3 Å². The highest BCUT2D eigenvalue weighted by Crippen LogP contribution is 2.16. The van der Waals surface area contributed by atoms with Gasteiger partial charge in [0.05, 0.1) is 6.54 Å². The van der Waals surface area contributed by atoms with Gasteiger partial charge in [-0.1, -0.05) is 6.07 Å². The number of furan rings is 1. The lowest BCUT2D eigenvalue weighted by atomic mass is 10.2. The SMILES string of the molecule is Cc1cccc(CCN(C)Cc2cc(C(=O)O)c(C)o2)n1. The second-order valence-electron chi connectivity index (χ2n) is 5.25. The fourth-order valence-electron chi connectivity index (χ4n) is 2.22. The molecule has 0 radical (unpaired) electrons. The minimum Gasteiger partial charge on any atom is -0.478 e. The Morgan fingerprint density at radius 1 is 1.38 bits per heavy atom. The molecule has 0 atom stereocenters. The average molecular weight is 288 g/mol. The smallest absolute Gasteiger partial charge is 0.339 e. The summed E-state index contributed by atoms with van der Waals surface area (Å²) in [5.74, 6) is 0.171. The number of aromatic nitrogens is 1. The number of carboxylic acids is 1. The molecule has 2 heterocycles. The number of carboxylic acid groups (broad SMARTS) is 1. The Balaban J connectivity index is 1.91. The normalized spacial score (nSPS) is 11.0. The number of pyridine rings is 1. The molecule has 21 heavy (non-hydrogen) atoms. The van der Waals surface area contributed by atoms with Crippen LogP contribution in [0.4, 0.5) is 0 Å². The van der Waals surface area contributed by atoms with Gasteiger partial charge in [-0.05, 0) is 39.1 Å². The molecule has 0 saturated heterocycles. The van der Waals surface area contributed by atoms with E-state index in [0.717, 1.165) is 24.4 Å². The molecule has 0 aliphatic carbocycles. The predicted octanol–water partition coefficient (Wildman–Crippen LogP) is 2.66. The Labute approximate surface area is 124 Å². The summed E-state index contributed by atoms with van der Waals surface area (Å²) in [5.41, 5.74) is 2.31. The van der Waals surface area contributed by atoms with E-state index in [1.165, 1.54) is 0 Å². The third kappa shape index (κ3) is 4.16. The molecule has 112 valence electrons. The molecule has 1 N–H and O–H groups in total. The number of hydrogen-bond acceptors (Lipinski definition) is 4. The summed E-state index contributed by atoms with van der Waals surface area (Å²) in [6, 6.07) is 7.60. The largest absolute Gasteiger partial charge is 0.478 e. The zero-order chi connectivity index (χ0) is 15.4. The lowest BCUT2D eigenvalue weighted by molar-refractivity contribution is 0.0695. The van der Waals surface area contributed by atoms with Crippen LogP contribution in [0, 0.1) is 13.8 Å². The van der Waals surface area contributed by atoms with Crippen LogP contribution in [-0.4, -0.2) is 34.6 Å². The Hall–Kier alpha value is -2.14. The molecule has 0 amide bonds. The van der Waals surface area contributed by atoms with Crippen molar-refractivity contribution in [2.24, 2.45) is 0 Å². The molecule has 2 aromatic rings. The second kappa shape index (κ2) is 6.54. The standard InChI is InChI=1S/C16H20N2O3/c1-11-5-4-6-13(17-11)7-8-18(3)10-14-9-15(16(19)20)12(2)21-14/h4-6,9H,7-8,10H2,1-3H3,(H,19,20). The van der Waals surface area contributed by atoms with Gasteiger partial charge in [-0.3, -0.25) is 9.88 Å². The van der Waals surface area contributed by atoms with Crippen LogP contribution in [0.15, 0.2) is 28.7 Å². The zero-order valence-electron chi connectivity index (χ0n) is 12.6. The molecular formula is C16H20N2O3. The molecule has 0 aliphatic heterocycles. The first-order valence-electron chi connectivity index (χ1n) is 6.89. The molecule has 0 aromatic carbocycles. The molecular weight excluding hydrogens is 268 g/mol. The van der Waals surface area contributed by atoms with Crippen molar-refractivity contribution in [2.45, 2.75) is 26.8 Å². The van der Waals surface area contributed by atoms with Crippen LogP contribution in [0.1, 0.15) is 33.3 Å². The first-order chi connectivity index (χ1) is 9.95. The van der Waals surface area contributed by atoms with E-state index in [1.807, 2.05) is 32.2 Å². The summed E-state index contributed by atoms with van der Waals surface area (Å²) in [4.78, 5) is 17.5. The fraction of sp³-hybridized carbons (Fsp3) is 0.375. The Morgan fingerprint density at radius 3 is 2.76 bits per heavy atom. The van der Waals surface area contributed by atoms with Gasteiger partial charge < -0.3 is 9.52 Å². The quantitative estimate of drug-likeness (QED) is 0.885. The van der Waals surface area contributed by atoms with E-state index in [2.05, 4.69) is 9.88 Å². The van der Waals surface area contributed by atoms with E-state index < -0.39 is 5.97 Å². The van der Waals surface area contributed by atoms with Gasteiger partial charge in [-0.2, -0.15) is 0 Å². The number of nitrogens with zero attached hydrogens (tertiary/aromatic N) is 2. The first-order valence-corrected chi connectivity index (χ1v) is 6.89. The maximum atomic E-state index is 11.0.